The van der Waals surface area contributed by atoms with Crippen molar-refractivity contribution in [2.45, 2.75) is 13.8 Å². The average Bonchev–Trinajstić information content (AvgIpc) is 2.74. The lowest BCUT2D eigenvalue weighted by Gasteiger charge is -2.22. The van der Waals surface area contributed by atoms with Gasteiger partial charge in [0, 0.05) is 12.2 Å². The smallest absolute Gasteiger partial charge is 0.263 e. The molecule has 0 saturated carbocycles. The summed E-state index contributed by atoms with van der Waals surface area (Å²) in [5.41, 5.74) is 2.22. The molecule has 0 atom stereocenters. The Morgan fingerprint density at radius 1 is 1.03 bits per heavy atom. The van der Waals surface area contributed by atoms with Gasteiger partial charge in [-0.1, -0.05) is 24.3 Å². The first-order valence-electron chi connectivity index (χ1n) is 9.34. The standard InChI is InChI=1S/C22H24N4O3/c1-4-26(17-9-7-8-16(2)14-17)21-13-12-20(24-25-21)23-22(27)15-29-19-11-6-5-10-18(19)28-3/h5-14H,4,15H2,1-3H3,(H,23,24,27). The van der Waals surface area contributed by atoms with Crippen LogP contribution in [0, 0.1) is 6.92 Å². The molecule has 0 bridgehead atoms. The van der Waals surface area contributed by atoms with Crippen molar-refractivity contribution < 1.29 is 14.3 Å². The lowest BCUT2D eigenvalue weighted by atomic mass is 10.2. The number of hydrogen-bond acceptors (Lipinski definition) is 6. The number of benzene rings is 2. The SMILES string of the molecule is CCN(c1cccc(C)c1)c1ccc(NC(=O)COc2ccccc2OC)nn1. The number of ether oxygens (including phenoxy) is 2. The number of aryl methyl sites for hydroxylation is 1. The molecule has 3 rings (SSSR count). The predicted octanol–water partition coefficient (Wildman–Crippen LogP) is 3.97. The van der Waals surface area contributed by atoms with E-state index in [4.69, 9.17) is 9.47 Å². The van der Waals surface area contributed by atoms with Gasteiger partial charge in [0.25, 0.3) is 5.91 Å². The molecule has 0 aliphatic carbocycles. The molecule has 7 nitrogen and oxygen atoms in total. The Morgan fingerprint density at radius 3 is 2.48 bits per heavy atom. The molecule has 0 radical (unpaired) electrons. The van der Waals surface area contributed by atoms with Gasteiger partial charge in [-0.2, -0.15) is 0 Å². The Morgan fingerprint density at radius 2 is 1.83 bits per heavy atom. The van der Waals surface area contributed by atoms with Crippen molar-refractivity contribution in [1.82, 2.24) is 10.2 Å². The molecule has 0 aliphatic rings. The van der Waals surface area contributed by atoms with Gasteiger partial charge in [0.05, 0.1) is 7.11 Å². The third-order valence-corrected chi connectivity index (χ3v) is 4.25. The maximum Gasteiger partial charge on any atom is 0.263 e. The van der Waals surface area contributed by atoms with E-state index in [2.05, 4.69) is 46.4 Å². The molecule has 1 heterocycles. The topological polar surface area (TPSA) is 76.6 Å². The molecule has 0 spiro atoms. The van der Waals surface area contributed by atoms with Crippen molar-refractivity contribution in [3.63, 3.8) is 0 Å². The number of hydrogen-bond donors (Lipinski definition) is 1. The summed E-state index contributed by atoms with van der Waals surface area (Å²) in [7, 11) is 1.55. The highest BCUT2D eigenvalue weighted by Crippen LogP contribution is 2.26. The van der Waals surface area contributed by atoms with Crippen LogP contribution in [0.4, 0.5) is 17.3 Å². The third kappa shape index (κ3) is 5.22. The summed E-state index contributed by atoms with van der Waals surface area (Å²) < 4.78 is 10.7. The summed E-state index contributed by atoms with van der Waals surface area (Å²) in [4.78, 5) is 14.2. The molecule has 0 fully saturated rings. The molecule has 3 aromatic rings. The second-order valence-corrected chi connectivity index (χ2v) is 6.35. The van der Waals surface area contributed by atoms with Gasteiger partial charge in [0.2, 0.25) is 0 Å². The van der Waals surface area contributed by atoms with Crippen molar-refractivity contribution in [3.8, 4) is 11.5 Å². The molecule has 0 aliphatic heterocycles. The molecule has 0 unspecified atom stereocenters. The zero-order chi connectivity index (χ0) is 20.6. The first-order valence-corrected chi connectivity index (χ1v) is 9.34. The van der Waals surface area contributed by atoms with Gasteiger partial charge in [-0.05, 0) is 55.8 Å². The van der Waals surface area contributed by atoms with Crippen LogP contribution in [-0.4, -0.2) is 36.4 Å². The van der Waals surface area contributed by atoms with Crippen molar-refractivity contribution >= 4 is 23.2 Å². The molecule has 7 heteroatoms. The first kappa shape index (κ1) is 20.1. The van der Waals surface area contributed by atoms with Crippen molar-refractivity contribution in [3.05, 3.63) is 66.2 Å². The van der Waals surface area contributed by atoms with E-state index in [1.54, 1.807) is 25.3 Å². The number of anilines is 3. The molecule has 150 valence electrons. The highest BCUT2D eigenvalue weighted by Gasteiger charge is 2.11. The number of nitrogens with one attached hydrogen (secondary N) is 1. The van der Waals surface area contributed by atoms with E-state index in [-0.39, 0.29) is 12.5 Å². The first-order chi connectivity index (χ1) is 14.1. The van der Waals surface area contributed by atoms with Gasteiger partial charge >= 0.3 is 0 Å². The van der Waals surface area contributed by atoms with Crippen LogP contribution in [0.2, 0.25) is 0 Å². The van der Waals surface area contributed by atoms with Gasteiger partial charge in [-0.3, -0.25) is 4.79 Å². The lowest BCUT2D eigenvalue weighted by Crippen LogP contribution is -2.22. The van der Waals surface area contributed by atoms with Gasteiger partial charge < -0.3 is 19.7 Å². The predicted molar refractivity (Wildman–Crippen MR) is 113 cm³/mol. The molecule has 0 saturated heterocycles. The molecular formula is C22H24N4O3. The molecule has 1 N–H and O–H groups in total. The Bertz CT molecular complexity index is 960. The Labute approximate surface area is 170 Å². The van der Waals surface area contributed by atoms with E-state index >= 15 is 0 Å². The number of para-hydroxylation sites is 2. The van der Waals surface area contributed by atoms with E-state index in [9.17, 15) is 4.79 Å². The van der Waals surface area contributed by atoms with Crippen molar-refractivity contribution in [2.24, 2.45) is 0 Å². The molecule has 2 aromatic carbocycles. The minimum absolute atomic E-state index is 0.159. The van der Waals surface area contributed by atoms with Crippen LogP contribution in [0.1, 0.15) is 12.5 Å². The minimum Gasteiger partial charge on any atom is -0.493 e. The highest BCUT2D eigenvalue weighted by molar-refractivity contribution is 5.91. The number of carbonyl (C=O) groups excluding carboxylic acids is 1. The Balaban J connectivity index is 1.61. The Hall–Kier alpha value is -3.61. The quantitative estimate of drug-likeness (QED) is 0.625. The minimum atomic E-state index is -0.330. The van der Waals surface area contributed by atoms with Gasteiger partial charge in [0.1, 0.15) is 0 Å². The Kier molecular flexibility index (Phi) is 6.63. The summed E-state index contributed by atoms with van der Waals surface area (Å²) in [6.07, 6.45) is 0. The van der Waals surface area contributed by atoms with E-state index in [0.717, 1.165) is 12.2 Å². The fourth-order valence-electron chi connectivity index (χ4n) is 2.87. The van der Waals surface area contributed by atoms with Crippen molar-refractivity contribution in [2.75, 3.05) is 30.5 Å². The summed E-state index contributed by atoms with van der Waals surface area (Å²) >= 11 is 0. The van der Waals surface area contributed by atoms with Crippen LogP contribution in [0.25, 0.3) is 0 Å². The highest BCUT2D eigenvalue weighted by atomic mass is 16.5. The second kappa shape index (κ2) is 9.54. The van der Waals surface area contributed by atoms with Crippen LogP contribution >= 0.6 is 0 Å². The molecule has 29 heavy (non-hydrogen) atoms. The summed E-state index contributed by atoms with van der Waals surface area (Å²) in [6.45, 7) is 4.69. The van der Waals surface area contributed by atoms with Crippen LogP contribution in [-0.2, 0) is 4.79 Å². The molecule has 1 aromatic heterocycles. The fourth-order valence-corrected chi connectivity index (χ4v) is 2.87. The second-order valence-electron chi connectivity index (χ2n) is 6.35. The van der Waals surface area contributed by atoms with Crippen molar-refractivity contribution in [1.29, 1.82) is 0 Å². The van der Waals surface area contributed by atoms with E-state index < -0.39 is 0 Å². The zero-order valence-corrected chi connectivity index (χ0v) is 16.8. The average molecular weight is 392 g/mol. The van der Waals surface area contributed by atoms with E-state index in [1.807, 2.05) is 30.3 Å². The number of rotatable bonds is 8. The fraction of sp³-hybridized carbons (Fsp3) is 0.227. The number of nitrogens with zero attached hydrogens (tertiary/aromatic N) is 3. The van der Waals surface area contributed by atoms with Crippen LogP contribution in [0.15, 0.2) is 60.7 Å². The van der Waals surface area contributed by atoms with Gasteiger partial charge in [-0.15, -0.1) is 10.2 Å². The van der Waals surface area contributed by atoms with Gasteiger partial charge in [0.15, 0.2) is 29.7 Å². The lowest BCUT2D eigenvalue weighted by molar-refractivity contribution is -0.118. The molecule has 1 amide bonds. The van der Waals surface area contributed by atoms with E-state index in [1.165, 1.54) is 5.56 Å². The van der Waals surface area contributed by atoms with E-state index in [0.29, 0.717) is 23.1 Å². The number of aromatic nitrogens is 2. The number of methoxy groups -OCH3 is 1. The van der Waals surface area contributed by atoms with Gasteiger partial charge in [-0.25, -0.2) is 0 Å². The molecular weight excluding hydrogens is 368 g/mol. The monoisotopic (exact) mass is 392 g/mol. The number of carbonyl (C=O) groups is 1. The summed E-state index contributed by atoms with van der Waals surface area (Å²) in [6, 6.07) is 18.9. The normalized spacial score (nSPS) is 10.3. The van der Waals surface area contributed by atoms with Crippen LogP contribution in [0.3, 0.4) is 0 Å². The maximum atomic E-state index is 12.2. The summed E-state index contributed by atoms with van der Waals surface area (Å²) in [5.74, 6) is 1.82. The largest absolute Gasteiger partial charge is 0.493 e. The van der Waals surface area contributed by atoms with Crippen LogP contribution < -0.4 is 19.7 Å². The number of amides is 1. The maximum absolute atomic E-state index is 12.2. The zero-order valence-electron chi connectivity index (χ0n) is 16.8. The third-order valence-electron chi connectivity index (χ3n) is 4.25. The summed E-state index contributed by atoms with van der Waals surface area (Å²) in [5, 5.41) is 11.1. The van der Waals surface area contributed by atoms with Crippen LogP contribution in [0.5, 0.6) is 11.5 Å².